The van der Waals surface area contributed by atoms with Gasteiger partial charge in [0.25, 0.3) is 0 Å². The van der Waals surface area contributed by atoms with Gasteiger partial charge in [0.15, 0.2) is 0 Å². The first-order valence-electron chi connectivity index (χ1n) is 8.14. The molecule has 0 saturated carbocycles. The van der Waals surface area contributed by atoms with Gasteiger partial charge in [-0.05, 0) is 36.4 Å². The van der Waals surface area contributed by atoms with E-state index in [9.17, 15) is 4.79 Å². The lowest BCUT2D eigenvalue weighted by Crippen LogP contribution is -2.22. The number of rotatable bonds is 10. The van der Waals surface area contributed by atoms with Gasteiger partial charge in [0.05, 0.1) is 33.1 Å². The van der Waals surface area contributed by atoms with Gasteiger partial charge in [-0.25, -0.2) is 0 Å². The topological polar surface area (TPSA) is 78.1 Å². The van der Waals surface area contributed by atoms with Crippen LogP contribution >= 0.6 is 0 Å². The number of carbonyl (C=O) groups is 1. The Bertz CT molecular complexity index is 704. The molecule has 2 rings (SSSR count). The number of anilines is 2. The van der Waals surface area contributed by atoms with E-state index in [-0.39, 0.29) is 12.5 Å². The molecule has 0 aliphatic heterocycles. The number of amides is 1. The highest BCUT2D eigenvalue weighted by Gasteiger charge is 2.08. The highest BCUT2D eigenvalue weighted by atomic mass is 16.5. The Morgan fingerprint density at radius 1 is 0.923 bits per heavy atom. The molecule has 0 aromatic heterocycles. The van der Waals surface area contributed by atoms with Gasteiger partial charge in [0.2, 0.25) is 5.91 Å². The van der Waals surface area contributed by atoms with Crippen LogP contribution in [0.5, 0.6) is 17.2 Å². The maximum Gasteiger partial charge on any atom is 0.243 e. The number of benzene rings is 2. The predicted molar refractivity (Wildman–Crippen MR) is 100 cm³/mol. The zero-order chi connectivity index (χ0) is 18.8. The van der Waals surface area contributed by atoms with Crippen molar-refractivity contribution in [2.75, 3.05) is 51.7 Å². The lowest BCUT2D eigenvalue weighted by molar-refractivity contribution is -0.114. The standard InChI is InChI=1S/C19H24N2O5/c1-23-10-11-26-15-6-4-14(5-7-15)21-19(22)13-20-17-12-16(24-2)8-9-18(17)25-3/h4-9,12,20H,10-11,13H2,1-3H3,(H,21,22). The zero-order valence-corrected chi connectivity index (χ0v) is 15.2. The van der Waals surface area contributed by atoms with E-state index in [1.165, 1.54) is 0 Å². The molecule has 2 aromatic carbocycles. The first kappa shape index (κ1) is 19.4. The highest BCUT2D eigenvalue weighted by molar-refractivity contribution is 5.94. The summed E-state index contributed by atoms with van der Waals surface area (Å²) in [5.74, 6) is 1.86. The van der Waals surface area contributed by atoms with Gasteiger partial charge in [-0.3, -0.25) is 4.79 Å². The Morgan fingerprint density at radius 2 is 1.65 bits per heavy atom. The Balaban J connectivity index is 1.87. The zero-order valence-electron chi connectivity index (χ0n) is 15.2. The summed E-state index contributed by atoms with van der Waals surface area (Å²) in [6.07, 6.45) is 0. The molecule has 2 N–H and O–H groups in total. The first-order chi connectivity index (χ1) is 12.7. The Hall–Kier alpha value is -2.93. The minimum absolute atomic E-state index is 0.0929. The van der Waals surface area contributed by atoms with E-state index in [0.717, 1.165) is 5.75 Å². The molecular formula is C19H24N2O5. The summed E-state index contributed by atoms with van der Waals surface area (Å²) in [7, 11) is 4.78. The van der Waals surface area contributed by atoms with Crippen molar-refractivity contribution in [2.24, 2.45) is 0 Å². The average Bonchev–Trinajstić information content (AvgIpc) is 2.67. The third-order valence-electron chi connectivity index (χ3n) is 3.54. The Kier molecular flexibility index (Phi) is 7.57. The van der Waals surface area contributed by atoms with Gasteiger partial charge < -0.3 is 29.6 Å². The van der Waals surface area contributed by atoms with Crippen molar-refractivity contribution in [3.8, 4) is 17.2 Å². The summed E-state index contributed by atoms with van der Waals surface area (Å²) in [6, 6.07) is 12.5. The monoisotopic (exact) mass is 360 g/mol. The quantitative estimate of drug-likeness (QED) is 0.635. The van der Waals surface area contributed by atoms with Crippen molar-refractivity contribution in [3.05, 3.63) is 42.5 Å². The first-order valence-corrected chi connectivity index (χ1v) is 8.14. The van der Waals surface area contributed by atoms with Gasteiger partial charge in [0, 0.05) is 18.9 Å². The smallest absolute Gasteiger partial charge is 0.243 e. The van der Waals surface area contributed by atoms with E-state index in [1.807, 2.05) is 0 Å². The second-order valence-corrected chi connectivity index (χ2v) is 5.33. The molecule has 26 heavy (non-hydrogen) atoms. The molecule has 7 nitrogen and oxygen atoms in total. The van der Waals surface area contributed by atoms with E-state index < -0.39 is 0 Å². The van der Waals surface area contributed by atoms with Gasteiger partial charge in [-0.15, -0.1) is 0 Å². The number of hydrogen-bond acceptors (Lipinski definition) is 6. The second kappa shape index (κ2) is 10.1. The van der Waals surface area contributed by atoms with Crippen molar-refractivity contribution in [1.82, 2.24) is 0 Å². The number of carbonyl (C=O) groups excluding carboxylic acids is 1. The molecular weight excluding hydrogens is 336 g/mol. The third kappa shape index (κ3) is 5.86. The molecule has 0 aliphatic carbocycles. The summed E-state index contributed by atoms with van der Waals surface area (Å²) in [6.45, 7) is 1.10. The summed E-state index contributed by atoms with van der Waals surface area (Å²) in [5, 5.41) is 5.87. The minimum Gasteiger partial charge on any atom is -0.497 e. The van der Waals surface area contributed by atoms with E-state index in [2.05, 4.69) is 10.6 Å². The predicted octanol–water partition coefficient (Wildman–Crippen LogP) is 2.78. The van der Waals surface area contributed by atoms with E-state index >= 15 is 0 Å². The van der Waals surface area contributed by atoms with E-state index in [0.29, 0.717) is 36.1 Å². The van der Waals surface area contributed by atoms with E-state index in [1.54, 1.807) is 63.8 Å². The number of methoxy groups -OCH3 is 3. The highest BCUT2D eigenvalue weighted by Crippen LogP contribution is 2.28. The molecule has 0 atom stereocenters. The van der Waals surface area contributed by atoms with Crippen LogP contribution in [-0.4, -0.2) is 47.0 Å². The summed E-state index contributed by atoms with van der Waals surface area (Å²) < 4.78 is 20.9. The molecule has 140 valence electrons. The SMILES string of the molecule is COCCOc1ccc(NC(=O)CNc2cc(OC)ccc2OC)cc1. The molecule has 0 aliphatic rings. The lowest BCUT2D eigenvalue weighted by Gasteiger charge is -2.13. The molecule has 0 fully saturated rings. The number of ether oxygens (including phenoxy) is 4. The molecule has 0 saturated heterocycles. The molecule has 0 unspecified atom stereocenters. The van der Waals surface area contributed by atoms with Crippen LogP contribution in [0.2, 0.25) is 0 Å². The van der Waals surface area contributed by atoms with Crippen LogP contribution in [0.15, 0.2) is 42.5 Å². The molecule has 0 spiro atoms. The van der Waals surface area contributed by atoms with Crippen molar-refractivity contribution >= 4 is 17.3 Å². The molecule has 0 radical (unpaired) electrons. The summed E-state index contributed by atoms with van der Waals surface area (Å²) in [5.41, 5.74) is 1.37. The van der Waals surface area contributed by atoms with Crippen molar-refractivity contribution in [3.63, 3.8) is 0 Å². The maximum absolute atomic E-state index is 12.1. The van der Waals surface area contributed by atoms with Gasteiger partial charge in [-0.1, -0.05) is 0 Å². The average molecular weight is 360 g/mol. The van der Waals surface area contributed by atoms with Crippen LogP contribution < -0.4 is 24.8 Å². The Morgan fingerprint density at radius 3 is 2.31 bits per heavy atom. The van der Waals surface area contributed by atoms with Gasteiger partial charge >= 0.3 is 0 Å². The Labute approximate surface area is 153 Å². The number of nitrogens with one attached hydrogen (secondary N) is 2. The molecule has 2 aromatic rings. The fourth-order valence-electron chi connectivity index (χ4n) is 2.21. The van der Waals surface area contributed by atoms with Crippen LogP contribution in [0.25, 0.3) is 0 Å². The fraction of sp³-hybridized carbons (Fsp3) is 0.316. The molecule has 0 heterocycles. The van der Waals surface area contributed by atoms with E-state index in [4.69, 9.17) is 18.9 Å². The van der Waals surface area contributed by atoms with Crippen molar-refractivity contribution < 1.29 is 23.7 Å². The van der Waals surface area contributed by atoms with Crippen LogP contribution in [0.1, 0.15) is 0 Å². The fourth-order valence-corrected chi connectivity index (χ4v) is 2.21. The lowest BCUT2D eigenvalue weighted by atomic mass is 10.2. The molecule has 0 bridgehead atoms. The molecule has 7 heteroatoms. The van der Waals surface area contributed by atoms with Gasteiger partial charge in [0.1, 0.15) is 23.9 Å². The minimum atomic E-state index is -0.178. The third-order valence-corrected chi connectivity index (χ3v) is 3.54. The second-order valence-electron chi connectivity index (χ2n) is 5.33. The maximum atomic E-state index is 12.1. The van der Waals surface area contributed by atoms with Crippen LogP contribution in [0, 0.1) is 0 Å². The van der Waals surface area contributed by atoms with Crippen molar-refractivity contribution in [2.45, 2.75) is 0 Å². The largest absolute Gasteiger partial charge is 0.497 e. The van der Waals surface area contributed by atoms with Gasteiger partial charge in [-0.2, -0.15) is 0 Å². The van der Waals surface area contributed by atoms with Crippen LogP contribution in [0.4, 0.5) is 11.4 Å². The van der Waals surface area contributed by atoms with Crippen LogP contribution in [-0.2, 0) is 9.53 Å². The molecule has 1 amide bonds. The van der Waals surface area contributed by atoms with Crippen molar-refractivity contribution in [1.29, 1.82) is 0 Å². The normalized spacial score (nSPS) is 10.1. The summed E-state index contributed by atoms with van der Waals surface area (Å²) >= 11 is 0. The summed E-state index contributed by atoms with van der Waals surface area (Å²) in [4.78, 5) is 12.1. The number of hydrogen-bond donors (Lipinski definition) is 2. The van der Waals surface area contributed by atoms with Crippen LogP contribution in [0.3, 0.4) is 0 Å².